The number of alkyl halides is 1. The van der Waals surface area contributed by atoms with Gasteiger partial charge in [-0.05, 0) is 12.1 Å². The summed E-state index contributed by atoms with van der Waals surface area (Å²) in [6.07, 6.45) is 1.54. The van der Waals surface area contributed by atoms with Crippen LogP contribution in [0.5, 0.6) is 0 Å². The fraction of sp³-hybridized carbons (Fsp3) is 0.267. The molecule has 1 aromatic carbocycles. The minimum Gasteiger partial charge on any atom is -0.328 e. The molecule has 21 heavy (non-hydrogen) atoms. The molecule has 106 valence electrons. The fourth-order valence-corrected chi connectivity index (χ4v) is 3.16. The standard InChI is InChI=1S/C15H13ClN4S/c16-6-4-14-19-15-11(8-17)2-1-3-13(15)20(14)7-5-12-9-21-10-18-12/h1-3,9-10H,4-7H2. The Morgan fingerprint density at radius 1 is 1.33 bits per heavy atom. The van der Waals surface area contributed by atoms with E-state index in [1.807, 2.05) is 17.6 Å². The molecule has 2 aromatic heterocycles. The van der Waals surface area contributed by atoms with E-state index in [1.54, 1.807) is 17.4 Å². The third-order valence-electron chi connectivity index (χ3n) is 3.37. The molecular weight excluding hydrogens is 304 g/mol. The van der Waals surface area contributed by atoms with Crippen LogP contribution in [0, 0.1) is 11.3 Å². The number of nitriles is 1. The Hall–Kier alpha value is -1.90. The predicted molar refractivity (Wildman–Crippen MR) is 84.7 cm³/mol. The third-order valence-corrected chi connectivity index (χ3v) is 4.20. The molecule has 0 N–H and O–H groups in total. The summed E-state index contributed by atoms with van der Waals surface area (Å²) in [6, 6.07) is 7.90. The van der Waals surface area contributed by atoms with Crippen molar-refractivity contribution in [3.8, 4) is 6.07 Å². The first-order valence-corrected chi connectivity index (χ1v) is 8.12. The SMILES string of the molecule is N#Cc1cccc2c1nc(CCCl)n2CCc1cscn1. The first-order valence-electron chi connectivity index (χ1n) is 6.64. The van der Waals surface area contributed by atoms with Crippen LogP contribution in [-0.2, 0) is 19.4 Å². The van der Waals surface area contributed by atoms with Crippen molar-refractivity contribution < 1.29 is 0 Å². The summed E-state index contributed by atoms with van der Waals surface area (Å²) in [6.45, 7) is 0.793. The van der Waals surface area contributed by atoms with Crippen LogP contribution in [0.2, 0.25) is 0 Å². The van der Waals surface area contributed by atoms with Crippen molar-refractivity contribution in [3.63, 3.8) is 0 Å². The monoisotopic (exact) mass is 316 g/mol. The Morgan fingerprint density at radius 2 is 2.24 bits per heavy atom. The molecule has 0 aliphatic carbocycles. The topological polar surface area (TPSA) is 54.5 Å². The second kappa shape index (κ2) is 6.25. The number of imidazole rings is 1. The largest absolute Gasteiger partial charge is 0.328 e. The van der Waals surface area contributed by atoms with Crippen LogP contribution in [0.3, 0.4) is 0 Å². The van der Waals surface area contributed by atoms with Crippen LogP contribution in [0.4, 0.5) is 0 Å². The summed E-state index contributed by atoms with van der Waals surface area (Å²) < 4.78 is 2.15. The minimum atomic E-state index is 0.516. The van der Waals surface area contributed by atoms with Crippen LogP contribution in [0.1, 0.15) is 17.1 Å². The second-order valence-corrected chi connectivity index (χ2v) is 5.73. The Morgan fingerprint density at radius 3 is 2.95 bits per heavy atom. The summed E-state index contributed by atoms with van der Waals surface area (Å²) >= 11 is 7.48. The molecule has 2 heterocycles. The molecule has 0 unspecified atom stereocenters. The maximum Gasteiger partial charge on any atom is 0.111 e. The van der Waals surface area contributed by atoms with Gasteiger partial charge in [0.15, 0.2) is 0 Å². The molecule has 0 spiro atoms. The summed E-state index contributed by atoms with van der Waals surface area (Å²) in [5, 5.41) is 11.3. The number of aromatic nitrogens is 3. The van der Waals surface area contributed by atoms with Crippen LogP contribution in [0.25, 0.3) is 11.0 Å². The van der Waals surface area contributed by atoms with Gasteiger partial charge in [0.25, 0.3) is 0 Å². The number of rotatable bonds is 5. The van der Waals surface area contributed by atoms with Gasteiger partial charge in [0.2, 0.25) is 0 Å². The number of fused-ring (bicyclic) bond motifs is 1. The lowest BCUT2D eigenvalue weighted by molar-refractivity contribution is 0.668. The molecular formula is C15H13ClN4S. The van der Waals surface area contributed by atoms with Gasteiger partial charge in [0, 0.05) is 30.6 Å². The zero-order valence-corrected chi connectivity index (χ0v) is 12.9. The lowest BCUT2D eigenvalue weighted by atomic mass is 10.2. The van der Waals surface area contributed by atoms with E-state index >= 15 is 0 Å². The highest BCUT2D eigenvalue weighted by Crippen LogP contribution is 2.21. The molecule has 0 amide bonds. The van der Waals surface area contributed by atoms with Crippen molar-refractivity contribution in [3.05, 3.63) is 46.2 Å². The molecule has 0 aliphatic rings. The Labute approximate surface area is 131 Å². The third kappa shape index (κ3) is 2.78. The highest BCUT2D eigenvalue weighted by atomic mass is 35.5. The van der Waals surface area contributed by atoms with Crippen molar-refractivity contribution in [2.24, 2.45) is 0 Å². The van der Waals surface area contributed by atoms with Gasteiger partial charge in [-0.3, -0.25) is 0 Å². The van der Waals surface area contributed by atoms with Crippen molar-refractivity contribution in [2.75, 3.05) is 5.88 Å². The van der Waals surface area contributed by atoms with E-state index in [0.717, 1.165) is 35.5 Å². The number of para-hydroxylation sites is 1. The van der Waals surface area contributed by atoms with E-state index in [1.165, 1.54) is 0 Å². The quantitative estimate of drug-likeness (QED) is 0.678. The van der Waals surface area contributed by atoms with E-state index in [0.29, 0.717) is 17.9 Å². The van der Waals surface area contributed by atoms with Crippen molar-refractivity contribution in [1.29, 1.82) is 5.26 Å². The van der Waals surface area contributed by atoms with Gasteiger partial charge < -0.3 is 4.57 Å². The molecule has 0 radical (unpaired) electrons. The van der Waals surface area contributed by atoms with E-state index in [9.17, 15) is 5.26 Å². The average Bonchev–Trinajstić information content (AvgIpc) is 3.12. The van der Waals surface area contributed by atoms with E-state index in [2.05, 4.69) is 26.0 Å². The zero-order chi connectivity index (χ0) is 14.7. The van der Waals surface area contributed by atoms with E-state index in [4.69, 9.17) is 11.6 Å². The van der Waals surface area contributed by atoms with E-state index < -0.39 is 0 Å². The van der Waals surface area contributed by atoms with Gasteiger partial charge in [0.1, 0.15) is 17.4 Å². The maximum atomic E-state index is 9.21. The van der Waals surface area contributed by atoms with Crippen molar-refractivity contribution in [1.82, 2.24) is 14.5 Å². The molecule has 4 nitrogen and oxygen atoms in total. The normalized spacial score (nSPS) is 10.9. The Kier molecular flexibility index (Phi) is 4.18. The van der Waals surface area contributed by atoms with Gasteiger partial charge in [-0.1, -0.05) is 6.07 Å². The Balaban J connectivity index is 2.02. The number of aryl methyl sites for hydroxylation is 3. The van der Waals surface area contributed by atoms with Gasteiger partial charge in [-0.15, -0.1) is 22.9 Å². The fourth-order valence-electron chi connectivity index (χ4n) is 2.40. The molecule has 3 aromatic rings. The lowest BCUT2D eigenvalue weighted by Crippen LogP contribution is -2.07. The van der Waals surface area contributed by atoms with Crippen LogP contribution < -0.4 is 0 Å². The van der Waals surface area contributed by atoms with Gasteiger partial charge in [-0.25, -0.2) is 9.97 Å². The van der Waals surface area contributed by atoms with Crippen molar-refractivity contribution in [2.45, 2.75) is 19.4 Å². The van der Waals surface area contributed by atoms with Crippen molar-refractivity contribution >= 4 is 34.0 Å². The number of thiazole rings is 1. The van der Waals surface area contributed by atoms with Gasteiger partial charge in [-0.2, -0.15) is 5.26 Å². The average molecular weight is 317 g/mol. The summed E-state index contributed by atoms with van der Waals surface area (Å²) in [7, 11) is 0. The molecule has 0 bridgehead atoms. The number of nitrogens with zero attached hydrogens (tertiary/aromatic N) is 4. The summed E-state index contributed by atoms with van der Waals surface area (Å²) in [4.78, 5) is 8.92. The Bertz CT molecular complexity index is 786. The molecule has 6 heteroatoms. The van der Waals surface area contributed by atoms with Gasteiger partial charge >= 0.3 is 0 Å². The first-order chi connectivity index (χ1) is 10.3. The molecule has 0 aliphatic heterocycles. The number of benzene rings is 1. The molecule has 0 saturated heterocycles. The first kappa shape index (κ1) is 14.1. The highest BCUT2D eigenvalue weighted by Gasteiger charge is 2.13. The van der Waals surface area contributed by atoms with Crippen LogP contribution in [0.15, 0.2) is 29.1 Å². The summed E-state index contributed by atoms with van der Waals surface area (Å²) in [5.41, 5.74) is 5.28. The second-order valence-electron chi connectivity index (χ2n) is 4.63. The molecule has 3 rings (SSSR count). The van der Waals surface area contributed by atoms with Crippen LogP contribution in [-0.4, -0.2) is 20.4 Å². The minimum absolute atomic E-state index is 0.516. The number of halogens is 1. The predicted octanol–water partition coefficient (Wildman–Crippen LogP) is 3.39. The maximum absolute atomic E-state index is 9.21. The lowest BCUT2D eigenvalue weighted by Gasteiger charge is -2.07. The van der Waals surface area contributed by atoms with Gasteiger partial charge in [0.05, 0.1) is 22.3 Å². The number of hydrogen-bond acceptors (Lipinski definition) is 4. The summed E-state index contributed by atoms with van der Waals surface area (Å²) in [5.74, 6) is 1.44. The highest BCUT2D eigenvalue weighted by molar-refractivity contribution is 7.07. The molecule has 0 fully saturated rings. The zero-order valence-electron chi connectivity index (χ0n) is 11.3. The molecule has 0 atom stereocenters. The molecule has 0 saturated carbocycles. The number of hydrogen-bond donors (Lipinski definition) is 0. The smallest absolute Gasteiger partial charge is 0.111 e. The van der Waals surface area contributed by atoms with E-state index in [-0.39, 0.29) is 0 Å². The van der Waals surface area contributed by atoms with Crippen LogP contribution >= 0.6 is 22.9 Å².